The van der Waals surface area contributed by atoms with Gasteiger partial charge in [0, 0.05) is 23.3 Å². The number of halogens is 2. The zero-order chi connectivity index (χ0) is 15.6. The third kappa shape index (κ3) is 3.19. The maximum absolute atomic E-state index is 13.7. The lowest BCUT2D eigenvalue weighted by Gasteiger charge is -2.06. The number of nitro benzene ring substituents is 1. The molecule has 0 saturated carbocycles. The van der Waals surface area contributed by atoms with Crippen LogP contribution in [0.1, 0.15) is 5.56 Å². The minimum absolute atomic E-state index is 0.00127. The number of nitro groups is 1. The third-order valence-corrected chi connectivity index (χ3v) is 2.87. The highest BCUT2D eigenvalue weighted by Gasteiger charge is 2.18. The summed E-state index contributed by atoms with van der Waals surface area (Å²) in [7, 11) is 0. The number of hydrogen-bond acceptors (Lipinski definition) is 3. The van der Waals surface area contributed by atoms with Crippen molar-refractivity contribution in [3.63, 3.8) is 0 Å². The van der Waals surface area contributed by atoms with Gasteiger partial charge >= 0.3 is 5.97 Å². The van der Waals surface area contributed by atoms with Gasteiger partial charge in [-0.05, 0) is 17.7 Å². The van der Waals surface area contributed by atoms with Gasteiger partial charge < -0.3 is 5.11 Å². The summed E-state index contributed by atoms with van der Waals surface area (Å²) in [6, 6.07) is 6.57. The van der Waals surface area contributed by atoms with Gasteiger partial charge in [-0.2, -0.15) is 0 Å². The van der Waals surface area contributed by atoms with Crippen LogP contribution < -0.4 is 0 Å². The van der Waals surface area contributed by atoms with Gasteiger partial charge in [0.1, 0.15) is 11.6 Å². The predicted octanol–water partition coefficient (Wildman–Crippen LogP) is 3.17. The van der Waals surface area contributed by atoms with E-state index in [0.29, 0.717) is 6.07 Å². The van der Waals surface area contributed by atoms with E-state index in [0.717, 1.165) is 12.1 Å². The van der Waals surface area contributed by atoms with Crippen LogP contribution in [0.25, 0.3) is 11.1 Å². The van der Waals surface area contributed by atoms with Gasteiger partial charge in [-0.25, -0.2) is 8.78 Å². The second-order valence-electron chi connectivity index (χ2n) is 4.30. The molecule has 0 saturated heterocycles. The molecule has 0 radical (unpaired) electrons. The summed E-state index contributed by atoms with van der Waals surface area (Å²) in [6.07, 6.45) is -0.511. The Kier molecular flexibility index (Phi) is 3.93. The molecule has 0 unspecified atom stereocenters. The molecule has 0 atom stereocenters. The Balaban J connectivity index is 2.53. The smallest absolute Gasteiger partial charge is 0.308 e. The molecule has 0 aliphatic heterocycles. The van der Waals surface area contributed by atoms with Gasteiger partial charge in [-0.15, -0.1) is 0 Å². The topological polar surface area (TPSA) is 80.4 Å². The number of hydrogen-bond donors (Lipinski definition) is 1. The van der Waals surface area contributed by atoms with Crippen LogP contribution in [-0.2, 0) is 11.2 Å². The Bertz CT molecular complexity index is 731. The lowest BCUT2D eigenvalue weighted by Crippen LogP contribution is -2.04. The molecule has 2 rings (SSSR count). The Hall–Kier alpha value is -2.83. The van der Waals surface area contributed by atoms with E-state index in [1.807, 2.05) is 0 Å². The fourth-order valence-corrected chi connectivity index (χ4v) is 1.94. The van der Waals surface area contributed by atoms with Gasteiger partial charge in [-0.1, -0.05) is 12.1 Å². The quantitative estimate of drug-likeness (QED) is 0.693. The predicted molar refractivity (Wildman–Crippen MR) is 69.8 cm³/mol. The van der Waals surface area contributed by atoms with E-state index in [9.17, 15) is 23.7 Å². The first-order valence-electron chi connectivity index (χ1n) is 5.83. The molecule has 1 N–H and O–H groups in total. The number of benzene rings is 2. The first kappa shape index (κ1) is 14.6. The van der Waals surface area contributed by atoms with Crippen molar-refractivity contribution in [2.45, 2.75) is 6.42 Å². The maximum atomic E-state index is 13.7. The van der Waals surface area contributed by atoms with E-state index in [2.05, 4.69) is 0 Å². The molecule has 2 aromatic rings. The van der Waals surface area contributed by atoms with Crippen LogP contribution in [0, 0.1) is 21.7 Å². The lowest BCUT2D eigenvalue weighted by atomic mass is 10.0. The van der Waals surface area contributed by atoms with Gasteiger partial charge in [0.25, 0.3) is 5.69 Å². The van der Waals surface area contributed by atoms with Crippen LogP contribution >= 0.6 is 0 Å². The number of carboxylic acids is 1. The molecule has 21 heavy (non-hydrogen) atoms. The fourth-order valence-electron chi connectivity index (χ4n) is 1.94. The van der Waals surface area contributed by atoms with Gasteiger partial charge in [0.05, 0.1) is 11.3 Å². The average Bonchev–Trinajstić information content (AvgIpc) is 2.38. The molecular weight excluding hydrogens is 284 g/mol. The van der Waals surface area contributed by atoms with Gasteiger partial charge in [0.15, 0.2) is 0 Å². The summed E-state index contributed by atoms with van der Waals surface area (Å²) in [5, 5.41) is 19.7. The highest BCUT2D eigenvalue weighted by Crippen LogP contribution is 2.29. The monoisotopic (exact) mass is 293 g/mol. The van der Waals surface area contributed by atoms with Gasteiger partial charge in [0.2, 0.25) is 0 Å². The van der Waals surface area contributed by atoms with Crippen molar-refractivity contribution in [2.75, 3.05) is 0 Å². The van der Waals surface area contributed by atoms with E-state index in [4.69, 9.17) is 5.11 Å². The zero-order valence-corrected chi connectivity index (χ0v) is 10.5. The van der Waals surface area contributed by atoms with Crippen molar-refractivity contribution < 1.29 is 23.6 Å². The molecule has 0 bridgehead atoms. The molecule has 0 fully saturated rings. The highest BCUT2D eigenvalue weighted by atomic mass is 19.1. The SMILES string of the molecule is O=C(O)Cc1ccc(-c2ccc(F)cc2F)cc1[N+](=O)[O-]. The summed E-state index contributed by atoms with van der Waals surface area (Å²) in [6.45, 7) is 0. The summed E-state index contributed by atoms with van der Waals surface area (Å²) >= 11 is 0. The Labute approximate surface area is 117 Å². The van der Waals surface area contributed by atoms with Crippen molar-refractivity contribution in [3.05, 3.63) is 63.7 Å². The lowest BCUT2D eigenvalue weighted by molar-refractivity contribution is -0.385. The summed E-state index contributed by atoms with van der Waals surface area (Å²) in [5.74, 6) is -2.82. The minimum atomic E-state index is -1.21. The molecular formula is C14H9F2NO4. The first-order valence-corrected chi connectivity index (χ1v) is 5.83. The van der Waals surface area contributed by atoms with E-state index < -0.39 is 34.6 Å². The molecule has 0 aliphatic rings. The molecule has 0 amide bonds. The van der Waals surface area contributed by atoms with Crippen molar-refractivity contribution in [3.8, 4) is 11.1 Å². The fraction of sp³-hybridized carbons (Fsp3) is 0.0714. The Morgan fingerprint density at radius 1 is 1.19 bits per heavy atom. The first-order chi connectivity index (χ1) is 9.88. The van der Waals surface area contributed by atoms with Crippen LogP contribution in [0.5, 0.6) is 0 Å². The molecule has 0 heterocycles. The van der Waals surface area contributed by atoms with Crippen molar-refractivity contribution in [1.82, 2.24) is 0 Å². The maximum Gasteiger partial charge on any atom is 0.308 e. The van der Waals surface area contributed by atoms with E-state index in [1.165, 1.54) is 18.2 Å². The Morgan fingerprint density at radius 2 is 1.90 bits per heavy atom. The van der Waals surface area contributed by atoms with Crippen molar-refractivity contribution >= 4 is 11.7 Å². The van der Waals surface area contributed by atoms with Crippen LogP contribution in [0.3, 0.4) is 0 Å². The number of rotatable bonds is 4. The second-order valence-corrected chi connectivity index (χ2v) is 4.30. The number of carbonyl (C=O) groups is 1. The summed E-state index contributed by atoms with van der Waals surface area (Å²) in [4.78, 5) is 20.9. The van der Waals surface area contributed by atoms with Crippen LogP contribution in [-0.4, -0.2) is 16.0 Å². The molecule has 108 valence electrons. The van der Waals surface area contributed by atoms with Crippen LogP contribution in [0.4, 0.5) is 14.5 Å². The molecule has 0 aromatic heterocycles. The number of aliphatic carboxylic acids is 1. The molecule has 0 spiro atoms. The Morgan fingerprint density at radius 3 is 2.48 bits per heavy atom. The van der Waals surface area contributed by atoms with E-state index >= 15 is 0 Å². The zero-order valence-electron chi connectivity index (χ0n) is 10.5. The van der Waals surface area contributed by atoms with Crippen molar-refractivity contribution in [2.24, 2.45) is 0 Å². The molecule has 7 heteroatoms. The second kappa shape index (κ2) is 5.66. The van der Waals surface area contributed by atoms with Gasteiger partial charge in [-0.3, -0.25) is 14.9 Å². The van der Waals surface area contributed by atoms with Crippen LogP contribution in [0.2, 0.25) is 0 Å². The normalized spacial score (nSPS) is 10.4. The number of carboxylic acid groups (broad SMARTS) is 1. The average molecular weight is 293 g/mol. The number of nitrogens with zero attached hydrogens (tertiary/aromatic N) is 1. The standard InChI is InChI=1S/C14H9F2NO4/c15-10-3-4-11(12(16)7-10)8-1-2-9(6-14(18)19)13(5-8)17(20)21/h1-5,7H,6H2,(H,18,19). The minimum Gasteiger partial charge on any atom is -0.481 e. The summed E-state index contributed by atoms with van der Waals surface area (Å²) < 4.78 is 26.5. The summed E-state index contributed by atoms with van der Waals surface area (Å²) in [5.41, 5.74) is -0.230. The van der Waals surface area contributed by atoms with Crippen molar-refractivity contribution in [1.29, 1.82) is 0 Å². The van der Waals surface area contributed by atoms with Crippen LogP contribution in [0.15, 0.2) is 36.4 Å². The molecule has 2 aromatic carbocycles. The highest BCUT2D eigenvalue weighted by molar-refractivity contribution is 5.74. The van der Waals surface area contributed by atoms with E-state index in [1.54, 1.807) is 0 Å². The molecule has 0 aliphatic carbocycles. The largest absolute Gasteiger partial charge is 0.481 e. The molecule has 5 nitrogen and oxygen atoms in total. The third-order valence-electron chi connectivity index (χ3n) is 2.87. The van der Waals surface area contributed by atoms with E-state index in [-0.39, 0.29) is 16.7 Å².